The van der Waals surface area contributed by atoms with Gasteiger partial charge < -0.3 is 40.3 Å². The van der Waals surface area contributed by atoms with Crippen LogP contribution in [0.5, 0.6) is 11.5 Å². The van der Waals surface area contributed by atoms with Crippen molar-refractivity contribution in [2.75, 3.05) is 62.8 Å². The zero-order chi connectivity index (χ0) is 23.9. The summed E-state index contributed by atoms with van der Waals surface area (Å²) in [7, 11) is 0. The lowest BCUT2D eigenvalue weighted by molar-refractivity contribution is 0.0564. The molecular weight excluding hydrogens is 442 g/mol. The van der Waals surface area contributed by atoms with Crippen LogP contribution in [0, 0.1) is 0 Å². The number of phenolic OH excluding ortho intramolecular Hbond substituents is 1. The molecule has 2 saturated heterocycles. The summed E-state index contributed by atoms with van der Waals surface area (Å²) in [5.74, 6) is 4.49. The summed E-state index contributed by atoms with van der Waals surface area (Å²) in [6.45, 7) is 4.60. The maximum Gasteiger partial charge on any atom is 0.347 e. The van der Waals surface area contributed by atoms with Gasteiger partial charge in [0.25, 0.3) is 0 Å². The highest BCUT2D eigenvalue weighted by molar-refractivity contribution is 5.97. The number of nitrogens with two attached hydrogens (primary N) is 1. The number of urea groups is 1. The molecule has 0 bridgehead atoms. The van der Waals surface area contributed by atoms with Crippen molar-refractivity contribution in [1.29, 1.82) is 0 Å². The predicted octanol–water partition coefficient (Wildman–Crippen LogP) is 1.60. The van der Waals surface area contributed by atoms with Crippen LogP contribution >= 0.6 is 0 Å². The van der Waals surface area contributed by atoms with Gasteiger partial charge in [-0.25, -0.2) is 9.59 Å². The number of carbonyl (C=O) groups is 2. The summed E-state index contributed by atoms with van der Waals surface area (Å²) in [5, 5.41) is 16.7. The number of hydrazone groups is 1. The molecule has 0 aromatic heterocycles. The van der Waals surface area contributed by atoms with Crippen LogP contribution in [0.15, 0.2) is 41.5 Å². The minimum atomic E-state index is -0.755. The quantitative estimate of drug-likeness (QED) is 0.197. The van der Waals surface area contributed by atoms with Crippen molar-refractivity contribution in [3.8, 4) is 11.5 Å². The van der Waals surface area contributed by atoms with E-state index in [0.29, 0.717) is 50.8 Å². The number of hydrogen-bond acceptors (Lipinski definition) is 9. The number of nitrogens with zero attached hydrogens (tertiary/aromatic N) is 3. The van der Waals surface area contributed by atoms with Crippen LogP contribution in [0.3, 0.4) is 0 Å². The second-order valence-electron chi connectivity index (χ2n) is 7.75. The number of amides is 2. The van der Waals surface area contributed by atoms with E-state index in [-0.39, 0.29) is 23.1 Å². The summed E-state index contributed by atoms with van der Waals surface area (Å²) in [6.07, 6.45) is 1.38. The Labute approximate surface area is 196 Å². The highest BCUT2D eigenvalue weighted by Gasteiger charge is 2.20. The number of ether oxygens (including phenoxy) is 3. The topological polar surface area (TPSA) is 139 Å². The summed E-state index contributed by atoms with van der Waals surface area (Å²) >= 11 is 0. The fraction of sp³-hybridized carbons (Fsp3) is 0.348. The van der Waals surface area contributed by atoms with Crippen molar-refractivity contribution < 1.29 is 28.9 Å². The van der Waals surface area contributed by atoms with Crippen molar-refractivity contribution in [3.63, 3.8) is 0 Å². The van der Waals surface area contributed by atoms with E-state index in [4.69, 9.17) is 20.1 Å². The average molecular weight is 469 g/mol. The first-order chi connectivity index (χ1) is 16.5. The third-order valence-corrected chi connectivity index (χ3v) is 5.56. The predicted molar refractivity (Wildman–Crippen MR) is 126 cm³/mol. The summed E-state index contributed by atoms with van der Waals surface area (Å²) < 4.78 is 16.2. The first-order valence-corrected chi connectivity index (χ1v) is 10.9. The highest BCUT2D eigenvalue weighted by Crippen LogP contribution is 2.29. The van der Waals surface area contributed by atoms with Crippen LogP contribution in [0.2, 0.25) is 0 Å². The molecule has 0 radical (unpaired) electrons. The summed E-state index contributed by atoms with van der Waals surface area (Å²) in [5.41, 5.74) is 1.69. The Balaban J connectivity index is 1.48. The lowest BCUT2D eigenvalue weighted by atomic mass is 10.1. The molecule has 0 atom stereocenters. The Morgan fingerprint density at radius 1 is 1.03 bits per heavy atom. The van der Waals surface area contributed by atoms with Gasteiger partial charge in [0.1, 0.15) is 17.1 Å². The molecule has 0 spiro atoms. The highest BCUT2D eigenvalue weighted by atomic mass is 16.5. The minimum Gasteiger partial charge on any atom is -0.507 e. The van der Waals surface area contributed by atoms with Crippen molar-refractivity contribution in [3.05, 3.63) is 47.5 Å². The van der Waals surface area contributed by atoms with Gasteiger partial charge in [0.2, 0.25) is 0 Å². The molecule has 2 aromatic carbocycles. The largest absolute Gasteiger partial charge is 0.507 e. The zero-order valence-corrected chi connectivity index (χ0v) is 18.6. The van der Waals surface area contributed by atoms with Gasteiger partial charge in [-0.2, -0.15) is 5.10 Å². The second-order valence-corrected chi connectivity index (χ2v) is 7.75. The Kier molecular flexibility index (Phi) is 7.45. The molecule has 0 saturated carbocycles. The van der Waals surface area contributed by atoms with Gasteiger partial charge in [0.05, 0.1) is 32.6 Å². The molecule has 2 aliphatic rings. The van der Waals surface area contributed by atoms with Crippen molar-refractivity contribution in [1.82, 2.24) is 4.90 Å². The Hall–Kier alpha value is -3.83. The van der Waals surface area contributed by atoms with Gasteiger partial charge in [-0.3, -0.25) is 0 Å². The van der Waals surface area contributed by atoms with Crippen molar-refractivity contribution in [2.24, 2.45) is 10.9 Å². The van der Waals surface area contributed by atoms with Crippen LogP contribution in [-0.2, 0) is 9.47 Å². The van der Waals surface area contributed by atoms with E-state index in [0.717, 1.165) is 18.8 Å². The number of hydrogen-bond donors (Lipinski definition) is 3. The second kappa shape index (κ2) is 10.9. The normalized spacial score (nSPS) is 16.5. The fourth-order valence-electron chi connectivity index (χ4n) is 3.72. The Morgan fingerprint density at radius 2 is 1.74 bits per heavy atom. The third kappa shape index (κ3) is 5.56. The average Bonchev–Trinajstić information content (AvgIpc) is 2.86. The maximum absolute atomic E-state index is 12.9. The number of anilines is 2. The van der Waals surface area contributed by atoms with Gasteiger partial charge in [-0.1, -0.05) is 0 Å². The van der Waals surface area contributed by atoms with Gasteiger partial charge in [-0.05, 0) is 24.3 Å². The molecule has 34 heavy (non-hydrogen) atoms. The number of benzene rings is 2. The standard InChI is InChI=1S/C23H27N5O6/c24-25-15-16-1-3-18(27-5-9-32-10-6-27)14-21(16)34-22(30)19-4-2-17(13-20(19)29)26-23(31)28-7-11-33-12-8-28/h1-4,13-15,29H,5-12,24H2,(H,26,31). The minimum absolute atomic E-state index is 0.0446. The van der Waals surface area contributed by atoms with Gasteiger partial charge in [0.15, 0.2) is 0 Å². The molecule has 11 heteroatoms. The number of morpholine rings is 2. The smallest absolute Gasteiger partial charge is 0.347 e. The van der Waals surface area contributed by atoms with Crippen LogP contribution in [-0.4, -0.2) is 80.8 Å². The number of aromatic hydroxyl groups is 1. The molecule has 2 heterocycles. The monoisotopic (exact) mass is 469 g/mol. The molecule has 2 aliphatic heterocycles. The molecule has 180 valence electrons. The number of phenols is 1. The molecule has 0 aliphatic carbocycles. The molecule has 2 amide bonds. The fourth-order valence-corrected chi connectivity index (χ4v) is 3.72. The van der Waals surface area contributed by atoms with E-state index in [9.17, 15) is 14.7 Å². The van der Waals surface area contributed by atoms with Crippen LogP contribution < -0.4 is 20.8 Å². The third-order valence-electron chi connectivity index (χ3n) is 5.56. The molecule has 11 nitrogen and oxygen atoms in total. The van der Waals surface area contributed by atoms with E-state index >= 15 is 0 Å². The lowest BCUT2D eigenvalue weighted by Crippen LogP contribution is -2.43. The van der Waals surface area contributed by atoms with Crippen molar-refractivity contribution in [2.45, 2.75) is 0 Å². The zero-order valence-electron chi connectivity index (χ0n) is 18.6. The number of rotatable bonds is 5. The van der Waals surface area contributed by atoms with Gasteiger partial charge in [0, 0.05) is 55.2 Å². The molecule has 4 rings (SSSR count). The van der Waals surface area contributed by atoms with Gasteiger partial charge >= 0.3 is 12.0 Å². The van der Waals surface area contributed by atoms with E-state index in [1.54, 1.807) is 17.0 Å². The number of carbonyl (C=O) groups excluding carboxylic acids is 2. The van der Waals surface area contributed by atoms with Crippen molar-refractivity contribution >= 4 is 29.6 Å². The molecule has 4 N–H and O–H groups in total. The molecule has 0 unspecified atom stereocenters. The van der Waals surface area contributed by atoms with Crippen LogP contribution in [0.1, 0.15) is 15.9 Å². The molecular formula is C23H27N5O6. The molecule has 2 aromatic rings. The number of esters is 1. The van der Waals surface area contributed by atoms with Gasteiger partial charge in [-0.15, -0.1) is 0 Å². The van der Waals surface area contributed by atoms with E-state index in [2.05, 4.69) is 15.3 Å². The first-order valence-electron chi connectivity index (χ1n) is 10.9. The molecule has 2 fully saturated rings. The van der Waals surface area contributed by atoms with Crippen LogP contribution in [0.25, 0.3) is 0 Å². The maximum atomic E-state index is 12.9. The Bertz CT molecular complexity index is 1060. The van der Waals surface area contributed by atoms with E-state index in [1.807, 2.05) is 6.07 Å². The van der Waals surface area contributed by atoms with E-state index < -0.39 is 5.97 Å². The summed E-state index contributed by atoms with van der Waals surface area (Å²) in [4.78, 5) is 28.9. The van der Waals surface area contributed by atoms with Crippen LogP contribution in [0.4, 0.5) is 16.2 Å². The van der Waals surface area contributed by atoms with E-state index in [1.165, 1.54) is 24.4 Å². The Morgan fingerprint density at radius 3 is 2.41 bits per heavy atom. The lowest BCUT2D eigenvalue weighted by Gasteiger charge is -2.29. The SMILES string of the molecule is NN=Cc1ccc(N2CCOCC2)cc1OC(=O)c1ccc(NC(=O)N2CCOCC2)cc1O. The first kappa shape index (κ1) is 23.3. The summed E-state index contributed by atoms with van der Waals surface area (Å²) in [6, 6.07) is 9.31. The number of nitrogens with one attached hydrogen (secondary N) is 1.